The summed E-state index contributed by atoms with van der Waals surface area (Å²) in [6.07, 6.45) is 12.2. The van der Waals surface area contributed by atoms with Gasteiger partial charge in [0.15, 0.2) is 0 Å². The van der Waals surface area contributed by atoms with Gasteiger partial charge in [-0.15, -0.1) is 0 Å². The minimum absolute atomic E-state index is 0.0920. The van der Waals surface area contributed by atoms with Crippen molar-refractivity contribution in [3.63, 3.8) is 0 Å². The van der Waals surface area contributed by atoms with Crippen LogP contribution in [0.15, 0.2) is 0 Å². The van der Waals surface area contributed by atoms with Crippen LogP contribution in [0, 0.1) is 5.92 Å². The van der Waals surface area contributed by atoms with Gasteiger partial charge in [-0.1, -0.05) is 51.9 Å². The largest absolute Gasteiger partial charge is 0.465 e. The first-order valence-corrected chi connectivity index (χ1v) is 8.96. The molecule has 0 saturated carbocycles. The van der Waals surface area contributed by atoms with Crippen molar-refractivity contribution in [2.24, 2.45) is 5.92 Å². The third-order valence-corrected chi connectivity index (χ3v) is 4.36. The van der Waals surface area contributed by atoms with E-state index in [2.05, 4.69) is 6.92 Å². The van der Waals surface area contributed by atoms with E-state index in [9.17, 15) is 9.59 Å². The number of unbranched alkanes of at least 4 members (excludes halogenated alkanes) is 7. The molecule has 0 aromatic carbocycles. The molecule has 0 aromatic heterocycles. The van der Waals surface area contributed by atoms with Gasteiger partial charge in [-0.05, 0) is 19.3 Å². The van der Waals surface area contributed by atoms with E-state index in [-0.39, 0.29) is 24.0 Å². The number of carbonyl (C=O) groups is 2. The van der Waals surface area contributed by atoms with Gasteiger partial charge >= 0.3 is 11.9 Å². The summed E-state index contributed by atoms with van der Waals surface area (Å²) in [4.78, 5) is 22.4. The zero-order valence-electron chi connectivity index (χ0n) is 14.3. The Bertz CT molecular complexity index is 317. The Labute approximate surface area is 134 Å². The molecule has 1 saturated heterocycles. The Balaban J connectivity index is 2.18. The molecule has 1 fully saturated rings. The number of cyclic esters (lactones) is 1. The highest BCUT2D eigenvalue weighted by Gasteiger charge is 2.29. The predicted molar refractivity (Wildman–Crippen MR) is 86.5 cm³/mol. The van der Waals surface area contributed by atoms with Crippen LogP contribution in [0.5, 0.6) is 0 Å². The van der Waals surface area contributed by atoms with Gasteiger partial charge in [-0.25, -0.2) is 0 Å². The molecule has 0 aromatic rings. The molecule has 0 aliphatic carbocycles. The van der Waals surface area contributed by atoms with Gasteiger partial charge in [0.25, 0.3) is 0 Å². The van der Waals surface area contributed by atoms with Crippen molar-refractivity contribution in [3.8, 4) is 0 Å². The van der Waals surface area contributed by atoms with E-state index in [0.29, 0.717) is 13.0 Å². The fraction of sp³-hybridized carbons (Fsp3) is 0.889. The van der Waals surface area contributed by atoms with Gasteiger partial charge in [-0.3, -0.25) is 9.59 Å². The Morgan fingerprint density at radius 1 is 1.18 bits per heavy atom. The summed E-state index contributed by atoms with van der Waals surface area (Å²) in [5.74, 6) is -0.197. The SMILES string of the molecule is CCCCCCCCCCC(OC(C)=O)C1CCC(=O)OC1. The molecule has 2 atom stereocenters. The summed E-state index contributed by atoms with van der Waals surface area (Å²) in [6.45, 7) is 4.08. The topological polar surface area (TPSA) is 52.6 Å². The molecule has 1 aliphatic rings. The number of hydrogen-bond acceptors (Lipinski definition) is 4. The van der Waals surface area contributed by atoms with E-state index in [0.717, 1.165) is 19.3 Å². The average Bonchev–Trinajstić information content (AvgIpc) is 2.49. The first-order chi connectivity index (χ1) is 10.6. The molecule has 0 spiro atoms. The van der Waals surface area contributed by atoms with Crippen molar-refractivity contribution in [2.75, 3.05) is 6.61 Å². The highest BCUT2D eigenvalue weighted by Crippen LogP contribution is 2.25. The minimum Gasteiger partial charge on any atom is -0.465 e. The maximum atomic E-state index is 11.3. The van der Waals surface area contributed by atoms with Crippen molar-refractivity contribution in [2.45, 2.75) is 90.6 Å². The number of esters is 2. The molecule has 1 heterocycles. The Kier molecular flexibility index (Phi) is 9.93. The van der Waals surface area contributed by atoms with Crippen molar-refractivity contribution in [1.82, 2.24) is 0 Å². The Morgan fingerprint density at radius 2 is 1.82 bits per heavy atom. The first-order valence-electron chi connectivity index (χ1n) is 8.96. The lowest BCUT2D eigenvalue weighted by Gasteiger charge is -2.29. The third-order valence-electron chi connectivity index (χ3n) is 4.36. The second-order valence-electron chi connectivity index (χ2n) is 6.39. The molecule has 2 unspecified atom stereocenters. The fourth-order valence-corrected chi connectivity index (χ4v) is 3.04. The van der Waals surface area contributed by atoms with E-state index in [4.69, 9.17) is 9.47 Å². The normalized spacial score (nSPS) is 19.5. The highest BCUT2D eigenvalue weighted by atomic mass is 16.6. The molecule has 1 aliphatic heterocycles. The van der Waals surface area contributed by atoms with E-state index in [1.165, 1.54) is 51.9 Å². The summed E-state index contributed by atoms with van der Waals surface area (Å²) in [7, 11) is 0. The van der Waals surface area contributed by atoms with Crippen LogP contribution in [0.3, 0.4) is 0 Å². The summed E-state index contributed by atoms with van der Waals surface area (Å²) >= 11 is 0. The molecular formula is C18H32O4. The second kappa shape index (κ2) is 11.5. The molecule has 0 bridgehead atoms. The van der Waals surface area contributed by atoms with Crippen molar-refractivity contribution in [1.29, 1.82) is 0 Å². The van der Waals surface area contributed by atoms with E-state index in [1.54, 1.807) is 0 Å². The summed E-state index contributed by atoms with van der Waals surface area (Å²) in [6, 6.07) is 0. The molecular weight excluding hydrogens is 280 g/mol. The summed E-state index contributed by atoms with van der Waals surface area (Å²) < 4.78 is 10.6. The lowest BCUT2D eigenvalue weighted by Crippen LogP contribution is -2.34. The lowest BCUT2D eigenvalue weighted by molar-refractivity contribution is -0.159. The van der Waals surface area contributed by atoms with Crippen LogP contribution in [-0.2, 0) is 19.1 Å². The van der Waals surface area contributed by atoms with Crippen LogP contribution in [-0.4, -0.2) is 24.6 Å². The number of rotatable bonds is 11. The molecule has 0 amide bonds. The van der Waals surface area contributed by atoms with Gasteiger partial charge in [-0.2, -0.15) is 0 Å². The Hall–Kier alpha value is -1.06. The summed E-state index contributed by atoms with van der Waals surface area (Å²) in [5, 5.41) is 0. The monoisotopic (exact) mass is 312 g/mol. The van der Waals surface area contributed by atoms with Gasteiger partial charge in [0.1, 0.15) is 6.10 Å². The van der Waals surface area contributed by atoms with Crippen LogP contribution in [0.4, 0.5) is 0 Å². The zero-order valence-corrected chi connectivity index (χ0v) is 14.3. The minimum atomic E-state index is -0.235. The van der Waals surface area contributed by atoms with Gasteiger partial charge < -0.3 is 9.47 Å². The molecule has 0 radical (unpaired) electrons. The van der Waals surface area contributed by atoms with E-state index >= 15 is 0 Å². The van der Waals surface area contributed by atoms with Gasteiger partial charge in [0.2, 0.25) is 0 Å². The van der Waals surface area contributed by atoms with Crippen LogP contribution in [0.2, 0.25) is 0 Å². The maximum absolute atomic E-state index is 11.3. The molecule has 0 N–H and O–H groups in total. The number of hydrogen-bond donors (Lipinski definition) is 0. The third kappa shape index (κ3) is 8.40. The van der Waals surface area contributed by atoms with Crippen molar-refractivity contribution in [3.05, 3.63) is 0 Å². The standard InChI is InChI=1S/C18H32O4/c1-3-4-5-6-7-8-9-10-11-17(22-15(2)19)16-12-13-18(20)21-14-16/h16-17H,3-14H2,1-2H3. The smallest absolute Gasteiger partial charge is 0.305 e. The van der Waals surface area contributed by atoms with E-state index in [1.807, 2.05) is 0 Å². The van der Waals surface area contributed by atoms with Crippen molar-refractivity contribution >= 4 is 11.9 Å². The number of carbonyl (C=O) groups excluding carboxylic acids is 2. The predicted octanol–water partition coefficient (Wildman–Crippen LogP) is 4.40. The second-order valence-corrected chi connectivity index (χ2v) is 6.39. The number of ether oxygens (including phenoxy) is 2. The maximum Gasteiger partial charge on any atom is 0.305 e. The summed E-state index contributed by atoms with van der Waals surface area (Å²) in [5.41, 5.74) is 0. The van der Waals surface area contributed by atoms with Crippen molar-refractivity contribution < 1.29 is 19.1 Å². The zero-order chi connectivity index (χ0) is 16.2. The van der Waals surface area contributed by atoms with Crippen LogP contribution < -0.4 is 0 Å². The van der Waals surface area contributed by atoms with Gasteiger partial charge in [0.05, 0.1) is 6.61 Å². The Morgan fingerprint density at radius 3 is 2.36 bits per heavy atom. The van der Waals surface area contributed by atoms with Gasteiger partial charge in [0, 0.05) is 19.3 Å². The lowest BCUT2D eigenvalue weighted by atomic mass is 9.91. The molecule has 22 heavy (non-hydrogen) atoms. The highest BCUT2D eigenvalue weighted by molar-refractivity contribution is 5.70. The molecule has 4 heteroatoms. The molecule has 1 rings (SSSR count). The first kappa shape index (κ1) is 19.0. The van der Waals surface area contributed by atoms with Crippen LogP contribution in [0.25, 0.3) is 0 Å². The average molecular weight is 312 g/mol. The molecule has 4 nitrogen and oxygen atoms in total. The quantitative estimate of drug-likeness (QED) is 0.419. The fourth-order valence-electron chi connectivity index (χ4n) is 3.04. The van der Waals surface area contributed by atoms with E-state index < -0.39 is 0 Å². The van der Waals surface area contributed by atoms with Crippen LogP contribution >= 0.6 is 0 Å². The van der Waals surface area contributed by atoms with Crippen LogP contribution in [0.1, 0.15) is 84.5 Å². The molecule has 128 valence electrons.